The Balaban J connectivity index is 2.45. The maximum atomic E-state index is 11.1. The van der Waals surface area contributed by atoms with Crippen LogP contribution < -0.4 is 10.1 Å². The largest absolute Gasteiger partial charge is 0.496 e. The number of carbonyl (C=O) groups is 1. The quantitative estimate of drug-likeness (QED) is 0.720. The maximum Gasteiger partial charge on any atom is 0.320 e. The fourth-order valence-electron chi connectivity index (χ4n) is 2.01. The van der Waals surface area contributed by atoms with E-state index in [4.69, 9.17) is 9.84 Å². The second-order valence-corrected chi connectivity index (χ2v) is 4.55. The minimum atomic E-state index is -0.770. The first-order valence-electron chi connectivity index (χ1n) is 6.77. The van der Waals surface area contributed by atoms with Crippen LogP contribution in [0.15, 0.2) is 24.3 Å². The molecule has 1 rings (SSSR count). The summed E-state index contributed by atoms with van der Waals surface area (Å²) in [5.41, 5.74) is 1.09. The number of aliphatic carboxylic acids is 1. The van der Waals surface area contributed by atoms with E-state index >= 15 is 0 Å². The highest BCUT2D eigenvalue weighted by Crippen LogP contribution is 2.17. The molecule has 1 aromatic rings. The van der Waals surface area contributed by atoms with Gasteiger partial charge in [0.1, 0.15) is 11.8 Å². The summed E-state index contributed by atoms with van der Waals surface area (Å²) in [6, 6.07) is 7.36. The third-order valence-corrected chi connectivity index (χ3v) is 3.12. The number of unbranched alkanes of at least 4 members (excludes halogenated alkanes) is 1. The van der Waals surface area contributed by atoms with Gasteiger partial charge in [0.05, 0.1) is 7.11 Å². The van der Waals surface area contributed by atoms with Crippen molar-refractivity contribution in [3.05, 3.63) is 29.8 Å². The lowest BCUT2D eigenvalue weighted by molar-refractivity contribution is -0.139. The number of carboxylic acids is 1. The minimum absolute atomic E-state index is 0.449. The molecule has 106 valence electrons. The van der Waals surface area contributed by atoms with Crippen LogP contribution in [0.3, 0.4) is 0 Å². The van der Waals surface area contributed by atoms with Crippen molar-refractivity contribution >= 4 is 5.97 Å². The average molecular weight is 265 g/mol. The molecule has 4 nitrogen and oxygen atoms in total. The molecular weight excluding hydrogens is 242 g/mol. The topological polar surface area (TPSA) is 58.6 Å². The van der Waals surface area contributed by atoms with E-state index in [1.807, 2.05) is 24.3 Å². The first-order chi connectivity index (χ1) is 9.19. The lowest BCUT2D eigenvalue weighted by atomic mass is 10.1. The fourth-order valence-corrected chi connectivity index (χ4v) is 2.01. The van der Waals surface area contributed by atoms with Gasteiger partial charge in [-0.25, -0.2) is 0 Å². The standard InChI is InChI=1S/C15H23NO3/c1-3-4-8-13(15(17)18)16-11-10-12-7-5-6-9-14(12)19-2/h5-7,9,13,16H,3-4,8,10-11H2,1-2H3,(H,17,18). The Hall–Kier alpha value is -1.55. The second-order valence-electron chi connectivity index (χ2n) is 4.55. The monoisotopic (exact) mass is 265 g/mol. The van der Waals surface area contributed by atoms with E-state index in [0.29, 0.717) is 13.0 Å². The molecular formula is C15H23NO3. The molecule has 0 fully saturated rings. The van der Waals surface area contributed by atoms with Crippen LogP contribution in [0.5, 0.6) is 5.75 Å². The Morgan fingerprint density at radius 2 is 2.16 bits per heavy atom. The van der Waals surface area contributed by atoms with Gasteiger partial charge in [0.15, 0.2) is 0 Å². The van der Waals surface area contributed by atoms with Gasteiger partial charge in [-0.2, -0.15) is 0 Å². The molecule has 4 heteroatoms. The zero-order valence-corrected chi connectivity index (χ0v) is 11.7. The molecule has 19 heavy (non-hydrogen) atoms. The first-order valence-corrected chi connectivity index (χ1v) is 6.77. The van der Waals surface area contributed by atoms with Crippen LogP contribution in [0.25, 0.3) is 0 Å². The molecule has 0 saturated carbocycles. The highest BCUT2D eigenvalue weighted by atomic mass is 16.5. The summed E-state index contributed by atoms with van der Waals surface area (Å²) in [6.07, 6.45) is 3.38. The second kappa shape index (κ2) is 8.53. The van der Waals surface area contributed by atoms with Crippen LogP contribution >= 0.6 is 0 Å². The van der Waals surface area contributed by atoms with Gasteiger partial charge in [0.2, 0.25) is 0 Å². The molecule has 2 N–H and O–H groups in total. The Kier molecular flexibility index (Phi) is 6.97. The fraction of sp³-hybridized carbons (Fsp3) is 0.533. The smallest absolute Gasteiger partial charge is 0.320 e. The predicted octanol–water partition coefficient (Wildman–Crippen LogP) is 2.47. The van der Waals surface area contributed by atoms with Crippen molar-refractivity contribution in [3.8, 4) is 5.75 Å². The van der Waals surface area contributed by atoms with Gasteiger partial charge in [-0.3, -0.25) is 4.79 Å². The predicted molar refractivity (Wildman–Crippen MR) is 75.6 cm³/mol. The summed E-state index contributed by atoms with van der Waals surface area (Å²) in [5.74, 6) is 0.0817. The van der Waals surface area contributed by atoms with Gasteiger partial charge >= 0.3 is 5.97 Å². The number of ether oxygens (including phenoxy) is 1. The lowest BCUT2D eigenvalue weighted by Gasteiger charge is -2.14. The number of nitrogens with one attached hydrogen (secondary N) is 1. The third kappa shape index (κ3) is 5.30. The molecule has 0 aliphatic rings. The molecule has 1 aromatic carbocycles. The van der Waals surface area contributed by atoms with E-state index in [9.17, 15) is 4.79 Å². The van der Waals surface area contributed by atoms with Gasteiger partial charge < -0.3 is 15.2 Å². The summed E-state index contributed by atoms with van der Waals surface area (Å²) >= 11 is 0. The van der Waals surface area contributed by atoms with Crippen molar-refractivity contribution in [2.45, 2.75) is 38.6 Å². The average Bonchev–Trinajstić information content (AvgIpc) is 2.42. The zero-order valence-electron chi connectivity index (χ0n) is 11.7. The zero-order chi connectivity index (χ0) is 14.1. The Morgan fingerprint density at radius 1 is 1.42 bits per heavy atom. The van der Waals surface area contributed by atoms with Crippen LogP contribution in [-0.2, 0) is 11.2 Å². The van der Waals surface area contributed by atoms with E-state index in [0.717, 1.165) is 30.6 Å². The van der Waals surface area contributed by atoms with Crippen molar-refractivity contribution in [3.63, 3.8) is 0 Å². The SMILES string of the molecule is CCCCC(NCCc1ccccc1OC)C(=O)O. The van der Waals surface area contributed by atoms with E-state index in [1.54, 1.807) is 7.11 Å². The normalized spacial score (nSPS) is 12.1. The number of para-hydroxylation sites is 1. The molecule has 0 bridgehead atoms. The summed E-state index contributed by atoms with van der Waals surface area (Å²) in [4.78, 5) is 11.1. The molecule has 0 saturated heterocycles. The Morgan fingerprint density at radius 3 is 2.79 bits per heavy atom. The van der Waals surface area contributed by atoms with E-state index < -0.39 is 12.0 Å². The van der Waals surface area contributed by atoms with Crippen molar-refractivity contribution in [2.75, 3.05) is 13.7 Å². The van der Waals surface area contributed by atoms with Crippen molar-refractivity contribution in [1.82, 2.24) is 5.32 Å². The number of methoxy groups -OCH3 is 1. The number of hydrogen-bond acceptors (Lipinski definition) is 3. The molecule has 1 atom stereocenters. The van der Waals surface area contributed by atoms with Crippen LogP contribution in [-0.4, -0.2) is 30.8 Å². The summed E-state index contributed by atoms with van der Waals surface area (Å²) in [6.45, 7) is 2.70. The lowest BCUT2D eigenvalue weighted by Crippen LogP contribution is -2.37. The molecule has 0 heterocycles. The van der Waals surface area contributed by atoms with Crippen LogP contribution in [0.1, 0.15) is 31.7 Å². The van der Waals surface area contributed by atoms with Crippen molar-refractivity contribution in [2.24, 2.45) is 0 Å². The van der Waals surface area contributed by atoms with E-state index in [2.05, 4.69) is 12.2 Å². The van der Waals surface area contributed by atoms with Crippen LogP contribution in [0, 0.1) is 0 Å². The van der Waals surface area contributed by atoms with E-state index in [-0.39, 0.29) is 0 Å². The van der Waals surface area contributed by atoms with E-state index in [1.165, 1.54) is 0 Å². The highest BCUT2D eigenvalue weighted by Gasteiger charge is 2.15. The first kappa shape index (κ1) is 15.5. The van der Waals surface area contributed by atoms with Crippen LogP contribution in [0.4, 0.5) is 0 Å². The van der Waals surface area contributed by atoms with Crippen LogP contribution in [0.2, 0.25) is 0 Å². The van der Waals surface area contributed by atoms with Gasteiger partial charge in [0, 0.05) is 6.54 Å². The number of rotatable bonds is 9. The number of hydrogen-bond donors (Lipinski definition) is 2. The number of carboxylic acid groups (broad SMARTS) is 1. The van der Waals surface area contributed by atoms with Gasteiger partial charge in [-0.1, -0.05) is 38.0 Å². The molecule has 0 spiro atoms. The molecule has 0 aromatic heterocycles. The third-order valence-electron chi connectivity index (χ3n) is 3.12. The number of benzene rings is 1. The minimum Gasteiger partial charge on any atom is -0.496 e. The Labute approximate surface area is 114 Å². The molecule has 1 unspecified atom stereocenters. The summed E-state index contributed by atoms with van der Waals surface area (Å²) < 4.78 is 5.27. The molecule has 0 aliphatic carbocycles. The van der Waals surface area contributed by atoms with Crippen molar-refractivity contribution < 1.29 is 14.6 Å². The van der Waals surface area contributed by atoms with Gasteiger partial charge in [0.25, 0.3) is 0 Å². The Bertz CT molecular complexity index is 393. The molecule has 0 aliphatic heterocycles. The highest BCUT2D eigenvalue weighted by molar-refractivity contribution is 5.73. The summed E-state index contributed by atoms with van der Waals surface area (Å²) in [7, 11) is 1.65. The molecule has 0 amide bonds. The maximum absolute atomic E-state index is 11.1. The van der Waals surface area contributed by atoms with Crippen molar-refractivity contribution in [1.29, 1.82) is 0 Å². The summed E-state index contributed by atoms with van der Waals surface area (Å²) in [5, 5.41) is 12.2. The van der Waals surface area contributed by atoms with Gasteiger partial charge in [-0.15, -0.1) is 0 Å². The van der Waals surface area contributed by atoms with Gasteiger partial charge in [-0.05, 0) is 24.5 Å². The molecule has 0 radical (unpaired) electrons.